The first-order valence-corrected chi connectivity index (χ1v) is 28.9. The van der Waals surface area contributed by atoms with Crippen molar-refractivity contribution in [2.24, 2.45) is 0 Å². The topological polar surface area (TPSA) is 146 Å². The minimum atomic E-state index is -1.23. The van der Waals surface area contributed by atoms with E-state index in [0.717, 1.165) is 77.0 Å². The third-order valence-electron chi connectivity index (χ3n) is 14.5. The number of hydrogen-bond acceptors (Lipinski definition) is 8. The first-order chi connectivity index (χ1) is 32.1. The Balaban J connectivity index is 3.58. The van der Waals surface area contributed by atoms with E-state index >= 15 is 0 Å². The van der Waals surface area contributed by atoms with Crippen molar-refractivity contribution in [1.29, 1.82) is 0 Å². The van der Waals surface area contributed by atoms with E-state index in [4.69, 9.17) is 0 Å². The highest BCUT2D eigenvalue weighted by Crippen LogP contribution is 2.35. The van der Waals surface area contributed by atoms with Crippen molar-refractivity contribution in [2.75, 3.05) is 32.7 Å². The van der Waals surface area contributed by atoms with Crippen molar-refractivity contribution >= 4 is 11.8 Å². The molecule has 0 aromatic carbocycles. The lowest BCUT2D eigenvalue weighted by Gasteiger charge is -2.56. The Bertz CT molecular complexity index is 998. The van der Waals surface area contributed by atoms with Gasteiger partial charge >= 0.3 is 0 Å². The summed E-state index contributed by atoms with van der Waals surface area (Å²) in [6.07, 6.45) is 38.0. The van der Waals surface area contributed by atoms with Crippen molar-refractivity contribution in [3.05, 3.63) is 0 Å². The van der Waals surface area contributed by atoms with Gasteiger partial charge < -0.3 is 31.1 Å². The molecule has 66 heavy (non-hydrogen) atoms. The van der Waals surface area contributed by atoms with E-state index in [1.807, 2.05) is 0 Å². The lowest BCUT2D eigenvalue weighted by atomic mass is 9.86. The predicted molar refractivity (Wildman–Crippen MR) is 279 cm³/mol. The number of amides is 2. The van der Waals surface area contributed by atoms with E-state index in [1.165, 1.54) is 128 Å². The molecule has 10 nitrogen and oxygen atoms in total. The molecule has 1 heterocycles. The van der Waals surface area contributed by atoms with Crippen LogP contribution in [0.25, 0.3) is 0 Å². The second-order valence-corrected chi connectivity index (χ2v) is 20.8. The summed E-state index contributed by atoms with van der Waals surface area (Å²) in [4.78, 5) is 32.0. The molecule has 0 aromatic rings. The summed E-state index contributed by atoms with van der Waals surface area (Å²) >= 11 is 0. The maximum Gasteiger partial charge on any atom is 0.246 e. The van der Waals surface area contributed by atoms with Gasteiger partial charge in [-0.3, -0.25) is 19.4 Å². The summed E-state index contributed by atoms with van der Waals surface area (Å²) in [5.74, 6) is -0.582. The van der Waals surface area contributed by atoms with Crippen LogP contribution in [0.5, 0.6) is 0 Å². The Morgan fingerprint density at radius 3 is 0.939 bits per heavy atom. The molecule has 0 aliphatic carbocycles. The van der Waals surface area contributed by atoms with Gasteiger partial charge in [-0.25, -0.2) is 0 Å². The Hall–Kier alpha value is -1.30. The number of rotatable bonds is 49. The summed E-state index contributed by atoms with van der Waals surface area (Å²) < 4.78 is 0. The number of unbranched alkanes of at least 4 members (excludes halogenated alkanes) is 28. The molecule has 10 heteroatoms. The van der Waals surface area contributed by atoms with E-state index in [-0.39, 0.29) is 44.5 Å². The van der Waals surface area contributed by atoms with Gasteiger partial charge in [0.15, 0.2) is 0 Å². The Kier molecular flexibility index (Phi) is 40.4. The molecule has 1 fully saturated rings. The summed E-state index contributed by atoms with van der Waals surface area (Å²) in [7, 11) is 0. The molecular weight excluding hydrogens is 825 g/mol. The maximum atomic E-state index is 14.3. The van der Waals surface area contributed by atoms with Crippen LogP contribution in [0.4, 0.5) is 0 Å². The molecule has 0 bridgehead atoms. The van der Waals surface area contributed by atoms with Gasteiger partial charge in [-0.2, -0.15) is 0 Å². The summed E-state index contributed by atoms with van der Waals surface area (Å²) in [6, 6.07) is -1.03. The normalized spacial score (nSPS) is 17.2. The lowest BCUT2D eigenvalue weighted by molar-refractivity contribution is -0.162. The molecule has 0 aromatic heterocycles. The van der Waals surface area contributed by atoms with Gasteiger partial charge in [0, 0.05) is 26.2 Å². The van der Waals surface area contributed by atoms with Crippen LogP contribution in [-0.4, -0.2) is 111 Å². The molecule has 392 valence electrons. The zero-order valence-electron chi connectivity index (χ0n) is 44.3. The Morgan fingerprint density at radius 1 is 0.424 bits per heavy atom. The number of piperazine rings is 1. The van der Waals surface area contributed by atoms with Crippen LogP contribution in [-0.2, 0) is 9.59 Å². The highest BCUT2D eigenvalue weighted by molar-refractivity contribution is 5.95. The molecule has 1 aliphatic rings. The van der Waals surface area contributed by atoms with Crippen LogP contribution >= 0.6 is 0 Å². The summed E-state index contributed by atoms with van der Waals surface area (Å²) in [5, 5.41) is 53.9. The number of carbonyl (C=O) groups excluding carboxylic acids is 2. The van der Waals surface area contributed by atoms with Gasteiger partial charge in [-0.15, -0.1) is 0 Å². The van der Waals surface area contributed by atoms with E-state index in [9.17, 15) is 30.0 Å². The molecular formula is C56H112N4O6. The van der Waals surface area contributed by atoms with Crippen molar-refractivity contribution in [2.45, 2.75) is 315 Å². The maximum absolute atomic E-state index is 14.3. The van der Waals surface area contributed by atoms with Crippen molar-refractivity contribution in [3.8, 4) is 0 Å². The highest BCUT2D eigenvalue weighted by atomic mass is 16.3. The van der Waals surface area contributed by atoms with Crippen LogP contribution < -0.4 is 10.6 Å². The molecule has 1 aliphatic heterocycles. The number of carbonyl (C=O) groups is 2. The second-order valence-electron chi connectivity index (χ2n) is 20.8. The van der Waals surface area contributed by atoms with E-state index in [0.29, 0.717) is 38.5 Å². The van der Waals surface area contributed by atoms with E-state index in [2.05, 4.69) is 55.1 Å². The van der Waals surface area contributed by atoms with Crippen LogP contribution in [0, 0.1) is 0 Å². The fourth-order valence-corrected chi connectivity index (χ4v) is 10.5. The second kappa shape index (κ2) is 42.6. The number of aliphatic hydroxyl groups is 4. The molecule has 6 N–H and O–H groups in total. The lowest BCUT2D eigenvalue weighted by Crippen LogP contribution is -2.78. The molecule has 5 atom stereocenters. The van der Waals surface area contributed by atoms with Crippen LogP contribution in [0.2, 0.25) is 0 Å². The van der Waals surface area contributed by atoms with Crippen LogP contribution in [0.1, 0.15) is 279 Å². The smallest absolute Gasteiger partial charge is 0.246 e. The molecule has 0 saturated carbocycles. The number of hydrogen-bond donors (Lipinski definition) is 6. The molecule has 5 unspecified atom stereocenters. The van der Waals surface area contributed by atoms with Gasteiger partial charge in [0.05, 0.1) is 31.0 Å². The van der Waals surface area contributed by atoms with E-state index < -0.39 is 36.1 Å². The molecule has 1 rings (SSSR count). The molecule has 1 saturated heterocycles. The molecule has 2 amide bonds. The van der Waals surface area contributed by atoms with Gasteiger partial charge in [0.1, 0.15) is 11.7 Å². The highest BCUT2D eigenvalue weighted by Gasteiger charge is 2.54. The number of aliphatic hydroxyl groups excluding tert-OH is 4. The zero-order chi connectivity index (χ0) is 48.5. The average Bonchev–Trinajstić information content (AvgIpc) is 3.29. The third-order valence-corrected chi connectivity index (χ3v) is 14.5. The van der Waals surface area contributed by atoms with Crippen LogP contribution in [0.3, 0.4) is 0 Å². The zero-order valence-corrected chi connectivity index (χ0v) is 44.3. The van der Waals surface area contributed by atoms with Crippen molar-refractivity contribution < 1.29 is 30.0 Å². The number of nitrogens with one attached hydrogen (secondary N) is 2. The minimum Gasteiger partial charge on any atom is -0.392 e. The average molecular weight is 938 g/mol. The standard InChI is InChI=1S/C56H112N4O6/c1-6-11-15-19-23-27-31-35-39-49(61)45-59(46-50(62)40-36-32-28-24-20-16-12-7-2)56(43-10-5,54-55(66)57-44-53(65)58-54)60(47-51(63)41-37-33-29-25-21-17-13-8-3)48-52(64)42-38-34-30-26-22-18-14-9-4/h49-52,54,61-64H,6-48H2,1-5H3,(H,57,66)(H,58,65). The van der Waals surface area contributed by atoms with Crippen molar-refractivity contribution in [1.82, 2.24) is 20.4 Å². The molecule has 0 spiro atoms. The Labute approximate surface area is 408 Å². The predicted octanol–water partition coefficient (Wildman–Crippen LogP) is 12.3. The van der Waals surface area contributed by atoms with Gasteiger partial charge in [0.25, 0.3) is 0 Å². The number of nitrogens with zero attached hydrogens (tertiary/aromatic N) is 2. The summed E-state index contributed by atoms with van der Waals surface area (Å²) in [6.45, 7) is 11.8. The monoisotopic (exact) mass is 937 g/mol. The quantitative estimate of drug-likeness (QED) is 0.0261. The first-order valence-electron chi connectivity index (χ1n) is 28.9. The third kappa shape index (κ3) is 29.7. The SMILES string of the molecule is CCCCCCCCCCC(O)CN(CC(O)CCCCCCCCCC)C(CCC)(C1NC(=O)CNC1=O)N(CC(O)CCCCCCCCCC)CC(O)CCCCCCCCCC. The van der Waals surface area contributed by atoms with Gasteiger partial charge in [-0.1, -0.05) is 247 Å². The van der Waals surface area contributed by atoms with Crippen LogP contribution in [0.15, 0.2) is 0 Å². The van der Waals surface area contributed by atoms with Gasteiger partial charge in [-0.05, 0) is 32.1 Å². The van der Waals surface area contributed by atoms with Gasteiger partial charge in [0.2, 0.25) is 11.8 Å². The van der Waals surface area contributed by atoms with Crippen molar-refractivity contribution in [3.63, 3.8) is 0 Å². The van der Waals surface area contributed by atoms with E-state index in [1.54, 1.807) is 0 Å². The largest absolute Gasteiger partial charge is 0.392 e. The fourth-order valence-electron chi connectivity index (χ4n) is 10.5. The molecule has 0 radical (unpaired) electrons. The fraction of sp³-hybridized carbons (Fsp3) is 0.964. The summed E-state index contributed by atoms with van der Waals surface area (Å²) in [5.41, 5.74) is -1.23. The first kappa shape index (κ1) is 62.7. The Morgan fingerprint density at radius 2 is 0.682 bits per heavy atom. The minimum absolute atomic E-state index is 0.109.